The van der Waals surface area contributed by atoms with Crippen molar-refractivity contribution in [3.63, 3.8) is 0 Å². The van der Waals surface area contributed by atoms with Crippen molar-refractivity contribution in [2.24, 2.45) is 5.92 Å². The number of hydrogen-bond acceptors (Lipinski definition) is 8. The summed E-state index contributed by atoms with van der Waals surface area (Å²) in [6.07, 6.45) is -10.8. The Morgan fingerprint density at radius 1 is 1.17 bits per heavy atom. The maximum absolute atomic E-state index is 15.1. The number of aliphatic hydroxyl groups excluding tert-OH is 1. The Morgan fingerprint density at radius 2 is 1.90 bits per heavy atom. The van der Waals surface area contributed by atoms with E-state index in [1.165, 1.54) is 18.1 Å². The van der Waals surface area contributed by atoms with Crippen LogP contribution in [-0.4, -0.2) is 86.2 Å². The third-order valence-electron chi connectivity index (χ3n) is 7.81. The summed E-state index contributed by atoms with van der Waals surface area (Å²) in [7, 11) is 1.21. The number of nitrogen functional groups attached to an aromatic ring is 1. The molecule has 17 heteroatoms. The number of nitrogens with one attached hydrogen (secondary N) is 1. The minimum atomic E-state index is -4.81. The molecule has 10 nitrogen and oxygen atoms in total. The average Bonchev–Trinajstić information content (AvgIpc) is 3.65. The molecular formula is C25H26F7N7O3. The summed E-state index contributed by atoms with van der Waals surface area (Å²) >= 11 is 0. The molecule has 0 spiro atoms. The van der Waals surface area contributed by atoms with Gasteiger partial charge in [0.25, 0.3) is 5.91 Å². The minimum Gasteiger partial charge on any atom is -0.480 e. The van der Waals surface area contributed by atoms with Crippen molar-refractivity contribution < 1.29 is 45.4 Å². The number of aromatic nitrogens is 4. The highest BCUT2D eigenvalue weighted by Gasteiger charge is 2.51. The van der Waals surface area contributed by atoms with E-state index in [1.807, 2.05) is 0 Å². The molecule has 1 amide bonds. The quantitative estimate of drug-likeness (QED) is 0.365. The number of halogens is 7. The van der Waals surface area contributed by atoms with Gasteiger partial charge in [0.1, 0.15) is 23.6 Å². The molecule has 3 aromatic rings. The van der Waals surface area contributed by atoms with Gasteiger partial charge in [-0.25, -0.2) is 18.9 Å². The smallest absolute Gasteiger partial charge is 0.418 e. The van der Waals surface area contributed by atoms with E-state index in [0.29, 0.717) is 12.8 Å². The molecule has 1 saturated heterocycles. The first-order valence-corrected chi connectivity index (χ1v) is 12.9. The summed E-state index contributed by atoms with van der Waals surface area (Å²) in [5.74, 6) is -2.60. The zero-order chi connectivity index (χ0) is 30.6. The number of amides is 1. The number of alkyl halides is 7. The van der Waals surface area contributed by atoms with Gasteiger partial charge >= 0.3 is 12.4 Å². The number of carbonyl (C=O) groups excluding carboxylic acids is 1. The van der Waals surface area contributed by atoms with Crippen LogP contribution >= 0.6 is 0 Å². The lowest BCUT2D eigenvalue weighted by Crippen LogP contribution is -2.47. The van der Waals surface area contributed by atoms with E-state index in [4.69, 9.17) is 10.5 Å². The van der Waals surface area contributed by atoms with Gasteiger partial charge in [0.15, 0.2) is 11.9 Å². The molecule has 4 N–H and O–H groups in total. The van der Waals surface area contributed by atoms with Gasteiger partial charge in [0.2, 0.25) is 5.88 Å². The third-order valence-corrected chi connectivity index (χ3v) is 7.81. The van der Waals surface area contributed by atoms with Crippen LogP contribution in [0.4, 0.5) is 36.6 Å². The van der Waals surface area contributed by atoms with Gasteiger partial charge in [0.05, 0.1) is 24.4 Å². The van der Waals surface area contributed by atoms with Crippen molar-refractivity contribution >= 4 is 17.2 Å². The number of methoxy groups -OCH3 is 1. The van der Waals surface area contributed by atoms with Gasteiger partial charge in [-0.1, -0.05) is 6.42 Å². The van der Waals surface area contributed by atoms with Crippen LogP contribution in [0.1, 0.15) is 35.2 Å². The SMILES string of the molecule is COc1ncc(-c2cc(C(F)(F)F)c3c(N)ncnn23)cc1C(=O)N[C@@H]1CN(C2CCCC2C(O)C(F)(F)F)C[C@@H]1F. The predicted molar refractivity (Wildman–Crippen MR) is 133 cm³/mol. The predicted octanol–water partition coefficient (Wildman–Crippen LogP) is 3.24. The molecule has 0 bridgehead atoms. The second-order valence-electron chi connectivity index (χ2n) is 10.3. The van der Waals surface area contributed by atoms with Crippen molar-refractivity contribution in [1.29, 1.82) is 0 Å². The first-order valence-electron chi connectivity index (χ1n) is 12.9. The van der Waals surface area contributed by atoms with Crippen LogP contribution in [0, 0.1) is 5.92 Å². The molecule has 228 valence electrons. The largest absolute Gasteiger partial charge is 0.480 e. The molecule has 4 heterocycles. The van der Waals surface area contributed by atoms with Crippen LogP contribution in [-0.2, 0) is 6.18 Å². The lowest BCUT2D eigenvalue weighted by molar-refractivity contribution is -0.223. The average molecular weight is 606 g/mol. The Bertz CT molecular complexity index is 1480. The number of nitrogens with zero attached hydrogens (tertiary/aromatic N) is 5. The zero-order valence-electron chi connectivity index (χ0n) is 22.0. The molecule has 5 atom stereocenters. The standard InChI is InChI=1S/C25H26F7N7O3/c1-42-23-13(5-11(7-34-23)18-6-14(24(27,28)29)19-21(33)35-10-36-39(18)19)22(41)37-16-9-38(8-15(16)26)17-4-2-3-12(17)20(40)25(30,31)32/h5-7,10,12,15-17,20,40H,2-4,8-9H2,1H3,(H,37,41)(H2,33,35,36)/t12?,15-,16+,17?,20?/m0/s1. The molecule has 1 saturated carbocycles. The number of rotatable bonds is 6. The summed E-state index contributed by atoms with van der Waals surface area (Å²) in [5, 5.41) is 16.2. The Balaban J connectivity index is 1.40. The van der Waals surface area contributed by atoms with Gasteiger partial charge < -0.3 is 20.9 Å². The van der Waals surface area contributed by atoms with E-state index in [1.54, 1.807) is 0 Å². The molecule has 2 fully saturated rings. The lowest BCUT2D eigenvalue weighted by atomic mass is 9.95. The van der Waals surface area contributed by atoms with Crippen molar-refractivity contribution in [3.05, 3.63) is 35.8 Å². The Kier molecular flexibility index (Phi) is 7.67. The number of nitrogens with two attached hydrogens (primary N) is 1. The van der Waals surface area contributed by atoms with Crippen LogP contribution in [0.3, 0.4) is 0 Å². The van der Waals surface area contributed by atoms with E-state index in [-0.39, 0.29) is 42.2 Å². The highest BCUT2D eigenvalue weighted by molar-refractivity contribution is 5.98. The molecule has 3 unspecified atom stereocenters. The number of fused-ring (bicyclic) bond motifs is 1. The Labute approximate surface area is 233 Å². The number of hydrogen-bond donors (Lipinski definition) is 3. The summed E-state index contributed by atoms with van der Waals surface area (Å²) in [4.78, 5) is 22.4. The van der Waals surface area contributed by atoms with E-state index < -0.39 is 65.4 Å². The Hall–Kier alpha value is -3.73. The summed E-state index contributed by atoms with van der Waals surface area (Å²) in [6.45, 7) is -0.355. The van der Waals surface area contributed by atoms with Gasteiger partial charge in [-0.05, 0) is 25.0 Å². The van der Waals surface area contributed by atoms with E-state index in [9.17, 15) is 36.2 Å². The maximum atomic E-state index is 15.1. The fourth-order valence-corrected chi connectivity index (χ4v) is 5.89. The number of pyridine rings is 1. The summed E-state index contributed by atoms with van der Waals surface area (Å²) in [6, 6.07) is 0.147. The third kappa shape index (κ3) is 5.42. The highest BCUT2D eigenvalue weighted by Crippen LogP contribution is 2.41. The normalized spacial score (nSPS) is 24.3. The van der Waals surface area contributed by atoms with Crippen LogP contribution in [0.5, 0.6) is 5.88 Å². The molecule has 42 heavy (non-hydrogen) atoms. The van der Waals surface area contributed by atoms with Crippen molar-refractivity contribution in [1.82, 2.24) is 29.8 Å². The molecule has 2 aliphatic rings. The summed E-state index contributed by atoms with van der Waals surface area (Å²) < 4.78 is 102. The minimum absolute atomic E-state index is 0.0318. The number of carbonyl (C=O) groups is 1. The fourth-order valence-electron chi connectivity index (χ4n) is 5.89. The lowest BCUT2D eigenvalue weighted by Gasteiger charge is -2.32. The van der Waals surface area contributed by atoms with Crippen LogP contribution in [0.15, 0.2) is 24.7 Å². The fraction of sp³-hybridized carbons (Fsp3) is 0.520. The zero-order valence-corrected chi connectivity index (χ0v) is 22.0. The molecule has 0 aromatic carbocycles. The van der Waals surface area contributed by atoms with E-state index in [2.05, 4.69) is 20.4 Å². The monoisotopic (exact) mass is 605 g/mol. The van der Waals surface area contributed by atoms with Gasteiger partial charge in [-0.15, -0.1) is 0 Å². The molecular weight excluding hydrogens is 579 g/mol. The molecule has 1 aliphatic heterocycles. The maximum Gasteiger partial charge on any atom is 0.418 e. The number of aliphatic hydroxyl groups is 1. The van der Waals surface area contributed by atoms with Gasteiger partial charge in [-0.2, -0.15) is 31.4 Å². The topological polar surface area (TPSA) is 131 Å². The number of ether oxygens (including phenoxy) is 1. The highest BCUT2D eigenvalue weighted by atomic mass is 19.4. The Morgan fingerprint density at radius 3 is 2.57 bits per heavy atom. The van der Waals surface area contributed by atoms with Crippen LogP contribution in [0.2, 0.25) is 0 Å². The molecule has 5 rings (SSSR count). The molecule has 0 radical (unpaired) electrons. The molecule has 1 aliphatic carbocycles. The van der Waals surface area contributed by atoms with E-state index >= 15 is 4.39 Å². The van der Waals surface area contributed by atoms with Crippen molar-refractivity contribution in [2.45, 2.75) is 56.0 Å². The second-order valence-corrected chi connectivity index (χ2v) is 10.3. The molecule has 3 aromatic heterocycles. The van der Waals surface area contributed by atoms with Gasteiger partial charge in [-0.3, -0.25) is 9.69 Å². The van der Waals surface area contributed by atoms with Crippen LogP contribution < -0.4 is 15.8 Å². The number of anilines is 1. The van der Waals surface area contributed by atoms with Gasteiger partial charge in [0, 0.05) is 36.8 Å². The second kappa shape index (κ2) is 10.8. The number of likely N-dealkylation sites (tertiary alicyclic amines) is 1. The summed E-state index contributed by atoms with van der Waals surface area (Å²) in [5.41, 5.74) is 3.79. The van der Waals surface area contributed by atoms with E-state index in [0.717, 1.165) is 23.1 Å². The van der Waals surface area contributed by atoms with Crippen LogP contribution in [0.25, 0.3) is 16.8 Å². The first kappa shape index (κ1) is 29.8. The van der Waals surface area contributed by atoms with Crippen molar-refractivity contribution in [3.8, 4) is 17.1 Å². The van der Waals surface area contributed by atoms with Crippen molar-refractivity contribution in [2.75, 3.05) is 25.9 Å². The first-order chi connectivity index (χ1) is 19.7.